The van der Waals surface area contributed by atoms with E-state index in [4.69, 9.17) is 11.6 Å². The average Bonchev–Trinajstić information content (AvgIpc) is 3.01. The Balaban J connectivity index is 1.85. The van der Waals surface area contributed by atoms with Gasteiger partial charge in [-0.2, -0.15) is 8.78 Å². The lowest BCUT2D eigenvalue weighted by Crippen LogP contribution is -2.20. The van der Waals surface area contributed by atoms with Crippen LogP contribution in [-0.2, 0) is 13.1 Å². The Kier molecular flexibility index (Phi) is 4.42. The molecule has 3 nitrogen and oxygen atoms in total. The van der Waals surface area contributed by atoms with Gasteiger partial charge in [0, 0.05) is 11.4 Å². The number of benzene rings is 1. The topological polar surface area (TPSA) is 21.1 Å². The third-order valence-corrected chi connectivity index (χ3v) is 4.55. The Morgan fingerprint density at radius 3 is 2.68 bits per heavy atom. The van der Waals surface area contributed by atoms with Crippen molar-refractivity contribution in [3.8, 4) is 0 Å². The molecule has 0 saturated heterocycles. The molecule has 2 heterocycles. The predicted octanol–water partition coefficient (Wildman–Crippen LogP) is 4.78. The summed E-state index contributed by atoms with van der Waals surface area (Å²) in [5.74, 6) is 0.362. The molecule has 0 aliphatic heterocycles. The Labute approximate surface area is 135 Å². The molecule has 0 saturated carbocycles. The lowest BCUT2D eigenvalue weighted by Gasteiger charge is -2.16. The fourth-order valence-electron chi connectivity index (χ4n) is 2.42. The quantitative estimate of drug-likeness (QED) is 0.666. The second-order valence-electron chi connectivity index (χ2n) is 5.04. The Bertz CT molecular complexity index is 784. The first-order valence-electron chi connectivity index (χ1n) is 6.71. The van der Waals surface area contributed by atoms with Crippen molar-refractivity contribution in [1.82, 2.24) is 14.5 Å². The van der Waals surface area contributed by atoms with Gasteiger partial charge in [-0.15, -0.1) is 11.3 Å². The molecule has 3 aromatic rings. The zero-order valence-corrected chi connectivity index (χ0v) is 13.4. The van der Waals surface area contributed by atoms with Gasteiger partial charge in [0.1, 0.15) is 5.82 Å². The maximum atomic E-state index is 13.4. The van der Waals surface area contributed by atoms with E-state index < -0.39 is 6.55 Å². The summed E-state index contributed by atoms with van der Waals surface area (Å²) in [4.78, 5) is 7.38. The summed E-state index contributed by atoms with van der Waals surface area (Å²) in [6.07, 6.45) is 0. The number of rotatable bonds is 5. The number of nitrogens with zero attached hydrogens (tertiary/aromatic N) is 3. The Hall–Kier alpha value is -1.50. The van der Waals surface area contributed by atoms with E-state index in [1.165, 1.54) is 11.3 Å². The van der Waals surface area contributed by atoms with Gasteiger partial charge in [0.15, 0.2) is 0 Å². The average molecular weight is 342 g/mol. The molecule has 7 heteroatoms. The van der Waals surface area contributed by atoms with Gasteiger partial charge in [0.05, 0.1) is 21.9 Å². The SMILES string of the molecule is CN(Cc1ccc(Cl)s1)Cc1nc2ccccc2n1C(F)F. The van der Waals surface area contributed by atoms with Crippen molar-refractivity contribution in [2.24, 2.45) is 0 Å². The van der Waals surface area contributed by atoms with Crippen molar-refractivity contribution < 1.29 is 8.78 Å². The molecule has 2 aromatic heterocycles. The van der Waals surface area contributed by atoms with E-state index in [0.717, 1.165) is 13.8 Å². The maximum absolute atomic E-state index is 13.4. The van der Waals surface area contributed by atoms with Crippen LogP contribution in [0.15, 0.2) is 36.4 Å². The molecular weight excluding hydrogens is 328 g/mol. The smallest absolute Gasteiger partial charge is 0.294 e. The van der Waals surface area contributed by atoms with Crippen LogP contribution in [0.4, 0.5) is 8.78 Å². The van der Waals surface area contributed by atoms with Crippen LogP contribution in [0.25, 0.3) is 11.0 Å². The van der Waals surface area contributed by atoms with Crippen molar-refractivity contribution in [3.63, 3.8) is 0 Å². The third kappa shape index (κ3) is 3.14. The van der Waals surface area contributed by atoms with Crippen molar-refractivity contribution in [2.75, 3.05) is 7.05 Å². The summed E-state index contributed by atoms with van der Waals surface area (Å²) in [5.41, 5.74) is 1.05. The zero-order chi connectivity index (χ0) is 15.7. The number of fused-ring (bicyclic) bond motifs is 1. The molecule has 0 spiro atoms. The summed E-state index contributed by atoms with van der Waals surface area (Å²) in [6, 6.07) is 10.7. The van der Waals surface area contributed by atoms with Gasteiger partial charge in [-0.1, -0.05) is 23.7 Å². The highest BCUT2D eigenvalue weighted by Gasteiger charge is 2.18. The van der Waals surface area contributed by atoms with E-state index in [1.807, 2.05) is 24.1 Å². The minimum atomic E-state index is -2.60. The van der Waals surface area contributed by atoms with Crippen molar-refractivity contribution in [1.29, 1.82) is 0 Å². The van der Waals surface area contributed by atoms with Crippen LogP contribution in [0, 0.1) is 0 Å². The van der Waals surface area contributed by atoms with Crippen LogP contribution >= 0.6 is 22.9 Å². The van der Waals surface area contributed by atoms with Gasteiger partial charge < -0.3 is 0 Å². The fourth-order valence-corrected chi connectivity index (χ4v) is 3.59. The second-order valence-corrected chi connectivity index (χ2v) is 6.84. The Morgan fingerprint density at radius 1 is 1.23 bits per heavy atom. The van der Waals surface area contributed by atoms with E-state index in [1.54, 1.807) is 24.3 Å². The lowest BCUT2D eigenvalue weighted by molar-refractivity contribution is 0.0689. The largest absolute Gasteiger partial charge is 0.320 e. The first-order valence-corrected chi connectivity index (χ1v) is 7.91. The van der Waals surface area contributed by atoms with E-state index in [0.29, 0.717) is 29.9 Å². The molecule has 0 aliphatic rings. The number of hydrogen-bond acceptors (Lipinski definition) is 3. The van der Waals surface area contributed by atoms with Gasteiger partial charge in [0.25, 0.3) is 0 Å². The second kappa shape index (κ2) is 6.32. The number of hydrogen-bond donors (Lipinski definition) is 0. The monoisotopic (exact) mass is 341 g/mol. The minimum absolute atomic E-state index is 0.342. The number of alkyl halides is 2. The zero-order valence-electron chi connectivity index (χ0n) is 11.8. The molecule has 0 N–H and O–H groups in total. The molecular formula is C15H14ClF2N3S. The molecule has 22 heavy (non-hydrogen) atoms. The van der Waals surface area contributed by atoms with Gasteiger partial charge in [-0.3, -0.25) is 9.47 Å². The van der Waals surface area contributed by atoms with E-state index >= 15 is 0 Å². The van der Waals surface area contributed by atoms with Gasteiger partial charge in [-0.05, 0) is 31.3 Å². The number of imidazole rings is 1. The molecule has 116 valence electrons. The summed E-state index contributed by atoms with van der Waals surface area (Å²) in [5, 5.41) is 0. The minimum Gasteiger partial charge on any atom is -0.294 e. The highest BCUT2D eigenvalue weighted by molar-refractivity contribution is 7.16. The van der Waals surface area contributed by atoms with Crippen molar-refractivity contribution in [2.45, 2.75) is 19.6 Å². The fraction of sp³-hybridized carbons (Fsp3) is 0.267. The molecule has 0 aliphatic carbocycles. The summed E-state index contributed by atoms with van der Waals surface area (Å²) >= 11 is 7.40. The van der Waals surface area contributed by atoms with Crippen LogP contribution in [0.3, 0.4) is 0 Å². The molecule has 0 fully saturated rings. The van der Waals surface area contributed by atoms with Gasteiger partial charge >= 0.3 is 6.55 Å². The molecule has 3 rings (SSSR count). The molecule has 0 bridgehead atoms. The third-order valence-electron chi connectivity index (χ3n) is 3.33. The van der Waals surface area contributed by atoms with Crippen LogP contribution in [-0.4, -0.2) is 21.5 Å². The van der Waals surface area contributed by atoms with E-state index in [2.05, 4.69) is 4.98 Å². The summed E-state index contributed by atoms with van der Waals surface area (Å²) in [7, 11) is 1.88. The lowest BCUT2D eigenvalue weighted by atomic mass is 10.3. The van der Waals surface area contributed by atoms with Crippen LogP contribution in [0.2, 0.25) is 4.34 Å². The number of thiophene rings is 1. The summed E-state index contributed by atoms with van der Waals surface area (Å²) in [6.45, 7) is -1.62. The first kappa shape index (κ1) is 15.4. The highest BCUT2D eigenvalue weighted by Crippen LogP contribution is 2.25. The molecule has 0 amide bonds. The van der Waals surface area contributed by atoms with E-state index in [9.17, 15) is 8.78 Å². The highest BCUT2D eigenvalue weighted by atomic mass is 35.5. The standard InChI is InChI=1S/C15H14ClF2N3S/c1-20(8-10-6-7-13(16)22-10)9-14-19-11-4-2-3-5-12(11)21(14)15(17)18/h2-7,15H,8-9H2,1H3. The molecule has 0 radical (unpaired) electrons. The predicted molar refractivity (Wildman–Crippen MR) is 85.5 cm³/mol. The van der Waals surface area contributed by atoms with Crippen molar-refractivity contribution >= 4 is 34.0 Å². The van der Waals surface area contributed by atoms with Gasteiger partial charge in [-0.25, -0.2) is 4.98 Å². The normalized spacial score (nSPS) is 11.9. The summed E-state index contributed by atoms with van der Waals surface area (Å²) < 4.78 is 28.4. The van der Waals surface area contributed by atoms with Crippen LogP contribution in [0.5, 0.6) is 0 Å². The van der Waals surface area contributed by atoms with Crippen molar-refractivity contribution in [3.05, 3.63) is 51.4 Å². The molecule has 0 atom stereocenters. The van der Waals surface area contributed by atoms with Crippen LogP contribution in [0.1, 0.15) is 17.3 Å². The Morgan fingerprint density at radius 2 is 2.00 bits per heavy atom. The first-order chi connectivity index (χ1) is 10.5. The number of para-hydroxylation sites is 2. The van der Waals surface area contributed by atoms with Crippen LogP contribution < -0.4 is 0 Å². The van der Waals surface area contributed by atoms with Gasteiger partial charge in [0.2, 0.25) is 0 Å². The van der Waals surface area contributed by atoms with E-state index in [-0.39, 0.29) is 0 Å². The number of halogens is 3. The number of aromatic nitrogens is 2. The molecule has 1 aromatic carbocycles. The maximum Gasteiger partial charge on any atom is 0.320 e. The molecule has 0 unspecified atom stereocenters.